The number of likely N-dealkylation sites (tertiary alicyclic amines) is 1. The van der Waals surface area contributed by atoms with Crippen LogP contribution in [-0.4, -0.2) is 38.5 Å². The maximum Gasteiger partial charge on any atom is 0.220 e. The molecule has 33 heavy (non-hydrogen) atoms. The standard InChI is InChI=1S/C27H37N5O/c1-5-14-28-27(33)13-12-23-20(3)29-26-17-24(30-32(26)21(23)4)25-11-6-7-15-31(25)18-22-10-8-9-19(2)16-22/h8-10,16-17,25H,5-7,11-15,18H2,1-4H3,(H,28,33)/t25-/m1/s1. The minimum absolute atomic E-state index is 0.103. The van der Waals surface area contributed by atoms with Crippen LogP contribution in [0.5, 0.6) is 0 Å². The van der Waals surface area contributed by atoms with E-state index in [1.165, 1.54) is 24.0 Å². The zero-order valence-electron chi connectivity index (χ0n) is 20.5. The number of amides is 1. The SMILES string of the molecule is CCCNC(=O)CCc1c(C)nc2cc([C@H]3CCCCN3Cc3cccc(C)c3)nn2c1C. The van der Waals surface area contributed by atoms with Gasteiger partial charge >= 0.3 is 0 Å². The number of rotatable bonds is 8. The Morgan fingerprint density at radius 3 is 2.82 bits per heavy atom. The first-order valence-electron chi connectivity index (χ1n) is 12.4. The number of nitrogens with zero attached hydrogens (tertiary/aromatic N) is 4. The van der Waals surface area contributed by atoms with Crippen molar-refractivity contribution in [2.75, 3.05) is 13.1 Å². The summed E-state index contributed by atoms with van der Waals surface area (Å²) in [7, 11) is 0. The van der Waals surface area contributed by atoms with Gasteiger partial charge in [0.25, 0.3) is 0 Å². The molecule has 1 fully saturated rings. The molecule has 4 rings (SSSR count). The van der Waals surface area contributed by atoms with E-state index in [1.807, 2.05) is 11.4 Å². The molecule has 0 unspecified atom stereocenters. The van der Waals surface area contributed by atoms with Gasteiger partial charge in [0.05, 0.1) is 11.7 Å². The summed E-state index contributed by atoms with van der Waals surface area (Å²) in [6, 6.07) is 11.3. The van der Waals surface area contributed by atoms with Crippen molar-refractivity contribution in [2.45, 2.75) is 78.8 Å². The Hall–Kier alpha value is -2.73. The molecular weight excluding hydrogens is 410 g/mol. The lowest BCUT2D eigenvalue weighted by Gasteiger charge is -2.34. The third-order valence-corrected chi connectivity index (χ3v) is 6.78. The van der Waals surface area contributed by atoms with E-state index >= 15 is 0 Å². The van der Waals surface area contributed by atoms with Crippen LogP contribution in [0.4, 0.5) is 0 Å². The van der Waals surface area contributed by atoms with Gasteiger partial charge in [0.2, 0.25) is 5.91 Å². The number of benzene rings is 1. The van der Waals surface area contributed by atoms with Crippen molar-refractivity contribution in [3.63, 3.8) is 0 Å². The monoisotopic (exact) mass is 447 g/mol. The Balaban J connectivity index is 1.57. The molecule has 1 saturated heterocycles. The quantitative estimate of drug-likeness (QED) is 0.537. The molecule has 1 aliphatic heterocycles. The topological polar surface area (TPSA) is 62.5 Å². The van der Waals surface area contributed by atoms with E-state index in [-0.39, 0.29) is 5.91 Å². The highest BCUT2D eigenvalue weighted by atomic mass is 16.1. The number of carbonyl (C=O) groups is 1. The number of hydrogen-bond acceptors (Lipinski definition) is 4. The van der Waals surface area contributed by atoms with Gasteiger partial charge in [-0.2, -0.15) is 5.10 Å². The van der Waals surface area contributed by atoms with E-state index in [1.54, 1.807) is 0 Å². The summed E-state index contributed by atoms with van der Waals surface area (Å²) in [5.74, 6) is 0.103. The van der Waals surface area contributed by atoms with Crippen LogP contribution < -0.4 is 5.32 Å². The molecule has 1 amide bonds. The van der Waals surface area contributed by atoms with Crippen LogP contribution in [0, 0.1) is 20.8 Å². The molecule has 0 saturated carbocycles. The molecule has 3 heterocycles. The Morgan fingerprint density at radius 1 is 1.18 bits per heavy atom. The molecule has 6 nitrogen and oxygen atoms in total. The molecule has 0 aliphatic carbocycles. The first-order valence-corrected chi connectivity index (χ1v) is 12.4. The van der Waals surface area contributed by atoms with Gasteiger partial charge in [-0.15, -0.1) is 0 Å². The summed E-state index contributed by atoms with van der Waals surface area (Å²) in [4.78, 5) is 19.6. The van der Waals surface area contributed by atoms with E-state index < -0.39 is 0 Å². The zero-order valence-corrected chi connectivity index (χ0v) is 20.5. The van der Waals surface area contributed by atoms with Crippen molar-refractivity contribution in [2.24, 2.45) is 0 Å². The third kappa shape index (κ3) is 5.44. The second kappa shape index (κ2) is 10.5. The Labute approximate surface area is 197 Å². The molecule has 3 aromatic rings. The fraction of sp³-hybridized carbons (Fsp3) is 0.519. The molecule has 0 spiro atoms. The molecule has 0 radical (unpaired) electrons. The molecule has 1 aromatic carbocycles. The summed E-state index contributed by atoms with van der Waals surface area (Å²) < 4.78 is 1.99. The summed E-state index contributed by atoms with van der Waals surface area (Å²) >= 11 is 0. The highest BCUT2D eigenvalue weighted by Crippen LogP contribution is 2.32. The third-order valence-electron chi connectivity index (χ3n) is 6.78. The van der Waals surface area contributed by atoms with E-state index in [9.17, 15) is 4.79 Å². The molecule has 1 aliphatic rings. The van der Waals surface area contributed by atoms with Gasteiger partial charge in [-0.25, -0.2) is 9.50 Å². The molecule has 176 valence electrons. The van der Waals surface area contributed by atoms with Gasteiger partial charge in [-0.3, -0.25) is 9.69 Å². The number of fused-ring (bicyclic) bond motifs is 1. The average Bonchev–Trinajstić information content (AvgIpc) is 3.22. The summed E-state index contributed by atoms with van der Waals surface area (Å²) in [6.07, 6.45) is 5.71. The van der Waals surface area contributed by atoms with E-state index in [0.29, 0.717) is 18.9 Å². The molecule has 0 bridgehead atoms. The first kappa shape index (κ1) is 23.4. The highest BCUT2D eigenvalue weighted by Gasteiger charge is 2.27. The van der Waals surface area contributed by atoms with Crippen molar-refractivity contribution < 1.29 is 4.79 Å². The number of hydrogen-bond donors (Lipinski definition) is 1. The molecular formula is C27H37N5O. The van der Waals surface area contributed by atoms with Crippen molar-refractivity contribution in [1.29, 1.82) is 0 Å². The van der Waals surface area contributed by atoms with Crippen molar-refractivity contribution in [3.05, 3.63) is 64.1 Å². The number of aromatic nitrogens is 3. The largest absolute Gasteiger partial charge is 0.356 e. The van der Waals surface area contributed by atoms with Gasteiger partial charge in [0.15, 0.2) is 5.65 Å². The molecule has 1 atom stereocenters. The minimum atomic E-state index is 0.103. The van der Waals surface area contributed by atoms with Crippen molar-refractivity contribution in [1.82, 2.24) is 24.8 Å². The first-order chi connectivity index (χ1) is 16.0. The van der Waals surface area contributed by atoms with Crippen LogP contribution in [-0.2, 0) is 17.8 Å². The highest BCUT2D eigenvalue weighted by molar-refractivity contribution is 5.76. The maximum atomic E-state index is 12.1. The van der Waals surface area contributed by atoms with Crippen LogP contribution >= 0.6 is 0 Å². The summed E-state index contributed by atoms with van der Waals surface area (Å²) in [5, 5.41) is 8.00. The van der Waals surface area contributed by atoms with Gasteiger partial charge in [-0.1, -0.05) is 43.2 Å². The van der Waals surface area contributed by atoms with Crippen molar-refractivity contribution in [3.8, 4) is 0 Å². The molecule has 2 aromatic heterocycles. The fourth-order valence-corrected chi connectivity index (χ4v) is 5.02. The van der Waals surface area contributed by atoms with Gasteiger partial charge in [-0.05, 0) is 64.1 Å². The van der Waals surface area contributed by atoms with Gasteiger partial charge < -0.3 is 5.32 Å². The van der Waals surface area contributed by atoms with Gasteiger partial charge in [0, 0.05) is 37.0 Å². The van der Waals surface area contributed by atoms with Crippen LogP contribution in [0.2, 0.25) is 0 Å². The average molecular weight is 448 g/mol. The zero-order chi connectivity index (χ0) is 23.4. The lowest BCUT2D eigenvalue weighted by molar-refractivity contribution is -0.121. The smallest absolute Gasteiger partial charge is 0.220 e. The number of aryl methyl sites for hydroxylation is 3. The van der Waals surface area contributed by atoms with E-state index in [4.69, 9.17) is 10.1 Å². The maximum absolute atomic E-state index is 12.1. The van der Waals surface area contributed by atoms with E-state index in [2.05, 4.69) is 61.3 Å². The molecule has 6 heteroatoms. The van der Waals surface area contributed by atoms with Crippen molar-refractivity contribution >= 4 is 11.6 Å². The number of piperidine rings is 1. The van der Waals surface area contributed by atoms with Crippen LogP contribution in [0.15, 0.2) is 30.3 Å². The van der Waals surface area contributed by atoms with Crippen LogP contribution in [0.25, 0.3) is 5.65 Å². The van der Waals surface area contributed by atoms with Crippen LogP contribution in [0.1, 0.15) is 78.8 Å². The second-order valence-corrected chi connectivity index (χ2v) is 9.42. The number of nitrogens with one attached hydrogen (secondary N) is 1. The number of carbonyl (C=O) groups excluding carboxylic acids is 1. The molecule has 1 N–H and O–H groups in total. The Bertz CT molecular complexity index is 1120. The predicted octanol–water partition coefficient (Wildman–Crippen LogP) is 4.84. The second-order valence-electron chi connectivity index (χ2n) is 9.42. The predicted molar refractivity (Wildman–Crippen MR) is 132 cm³/mol. The van der Waals surface area contributed by atoms with E-state index in [0.717, 1.165) is 60.8 Å². The fourth-order valence-electron chi connectivity index (χ4n) is 5.02. The minimum Gasteiger partial charge on any atom is -0.356 e. The van der Waals surface area contributed by atoms with Gasteiger partial charge in [0.1, 0.15) is 0 Å². The summed E-state index contributed by atoms with van der Waals surface area (Å²) in [6.45, 7) is 11.1. The lowest BCUT2D eigenvalue weighted by atomic mass is 9.98. The Kier molecular flexibility index (Phi) is 7.43. The Morgan fingerprint density at radius 2 is 2.03 bits per heavy atom. The lowest BCUT2D eigenvalue weighted by Crippen LogP contribution is -2.33. The normalized spacial score (nSPS) is 16.9. The van der Waals surface area contributed by atoms with Crippen LogP contribution in [0.3, 0.4) is 0 Å². The summed E-state index contributed by atoms with van der Waals surface area (Å²) in [5.41, 5.74) is 7.89.